The fourth-order valence-corrected chi connectivity index (χ4v) is 9.04. The number of unbranched alkanes of at least 4 members (excludes halogenated alkanes) is 8. The van der Waals surface area contributed by atoms with Gasteiger partial charge in [0.1, 0.15) is 4.67 Å². The van der Waals surface area contributed by atoms with Gasteiger partial charge in [-0.25, -0.2) is 0 Å². The zero-order valence-corrected chi connectivity index (χ0v) is 16.2. The molecule has 0 spiro atoms. The first-order chi connectivity index (χ1) is 9.02. The smallest absolute Gasteiger partial charge is 0.127 e. The van der Waals surface area contributed by atoms with Crippen LogP contribution in [0.3, 0.4) is 0 Å². The van der Waals surface area contributed by atoms with Crippen molar-refractivity contribution in [3.05, 3.63) is 0 Å². The molecule has 0 aromatic rings. The fraction of sp³-hybridized carbons (Fsp3) is 1.00. The van der Waals surface area contributed by atoms with Crippen molar-refractivity contribution in [1.82, 2.24) is 0 Å². The van der Waals surface area contributed by atoms with Gasteiger partial charge in [-0.2, -0.15) is 0 Å². The van der Waals surface area contributed by atoms with Gasteiger partial charge in [-0.05, 0) is 24.3 Å². The summed E-state index contributed by atoms with van der Waals surface area (Å²) in [6, 6.07) is 0. The fourth-order valence-electron chi connectivity index (χ4n) is 2.09. The van der Waals surface area contributed by atoms with E-state index in [1.807, 2.05) is 0 Å². The van der Waals surface area contributed by atoms with Crippen molar-refractivity contribution < 1.29 is 4.89 Å². The van der Waals surface area contributed by atoms with Crippen molar-refractivity contribution >= 4 is 39.2 Å². The maximum atomic E-state index is 10.1. The standard InChI is InChI=1S/C14H33OPS3/c1-3-5-7-9-11-13-19(16(15,17)18)14-12-10-8-6-4-2/h15,17-18H,3-14H2,1-2H3. The molecule has 0 aromatic heterocycles. The molecule has 0 rings (SSSR count). The lowest BCUT2D eigenvalue weighted by Gasteiger charge is -2.17. The minimum absolute atomic E-state index is 0.0424. The molecule has 0 aliphatic rings. The molecule has 0 fully saturated rings. The van der Waals surface area contributed by atoms with Gasteiger partial charge in [-0.1, -0.05) is 65.2 Å². The molecule has 0 atom stereocenters. The first kappa shape index (κ1) is 20.4. The van der Waals surface area contributed by atoms with Crippen molar-refractivity contribution in [2.75, 3.05) is 11.5 Å². The molecule has 1 N–H and O–H groups in total. The highest BCUT2D eigenvalue weighted by Crippen LogP contribution is 2.56. The van der Waals surface area contributed by atoms with Crippen molar-refractivity contribution in [2.45, 2.75) is 78.1 Å². The maximum absolute atomic E-state index is 10.1. The molecule has 0 radical (unpaired) electrons. The van der Waals surface area contributed by atoms with Crippen LogP contribution in [0, 0.1) is 0 Å². The summed E-state index contributed by atoms with van der Waals surface area (Å²) in [5.41, 5.74) is 0. The van der Waals surface area contributed by atoms with Crippen LogP contribution in [-0.4, -0.2) is 16.4 Å². The largest absolute Gasteiger partial charge is 0.354 e. The van der Waals surface area contributed by atoms with Crippen molar-refractivity contribution in [1.29, 1.82) is 0 Å². The molecule has 118 valence electrons. The molecule has 0 unspecified atom stereocenters. The molecule has 0 bridgehead atoms. The van der Waals surface area contributed by atoms with Crippen LogP contribution in [0.4, 0.5) is 0 Å². The molecule has 5 heteroatoms. The zero-order valence-electron chi connectivity index (χ0n) is 12.7. The Morgan fingerprint density at radius 2 is 1.11 bits per heavy atom. The second kappa shape index (κ2) is 13.1. The molecule has 0 heterocycles. The molecule has 0 aliphatic heterocycles. The highest BCUT2D eigenvalue weighted by molar-refractivity contribution is 8.94. The summed E-state index contributed by atoms with van der Waals surface area (Å²) in [5, 5.41) is 0. The summed E-state index contributed by atoms with van der Waals surface area (Å²) in [6.45, 7) is 4.49. The third kappa shape index (κ3) is 12.9. The molecule has 0 amide bonds. The van der Waals surface area contributed by atoms with Crippen molar-refractivity contribution in [3.8, 4) is 0 Å². The van der Waals surface area contributed by atoms with Gasteiger partial charge in [-0.3, -0.25) is 0 Å². The van der Waals surface area contributed by atoms with E-state index in [1.54, 1.807) is 0 Å². The predicted octanol–water partition coefficient (Wildman–Crippen LogP) is 6.08. The lowest BCUT2D eigenvalue weighted by molar-refractivity contribution is 0.649. The van der Waals surface area contributed by atoms with Crippen LogP contribution in [0.1, 0.15) is 78.1 Å². The highest BCUT2D eigenvalue weighted by atomic mass is 33.2. The molecular formula is C14H33OPS3. The van der Waals surface area contributed by atoms with E-state index in [-0.39, 0.29) is 10.1 Å². The molecule has 0 saturated carbocycles. The lowest BCUT2D eigenvalue weighted by Crippen LogP contribution is -2.03. The van der Waals surface area contributed by atoms with Crippen LogP contribution in [0.25, 0.3) is 0 Å². The minimum Gasteiger partial charge on any atom is -0.354 e. The van der Waals surface area contributed by atoms with Crippen LogP contribution in [-0.2, 0) is 10.1 Å². The molecule has 0 aromatic carbocycles. The Kier molecular flexibility index (Phi) is 14.1. The van der Waals surface area contributed by atoms with Gasteiger partial charge in [0.05, 0.1) is 0 Å². The van der Waals surface area contributed by atoms with E-state index < -0.39 is 4.67 Å². The van der Waals surface area contributed by atoms with E-state index in [1.165, 1.54) is 64.2 Å². The van der Waals surface area contributed by atoms with Crippen molar-refractivity contribution in [2.24, 2.45) is 0 Å². The Morgan fingerprint density at radius 1 is 0.737 bits per heavy atom. The summed E-state index contributed by atoms with van der Waals surface area (Å²) in [7, 11) is 0.0424. The van der Waals surface area contributed by atoms with Gasteiger partial charge in [-0.15, -0.1) is 34.6 Å². The molecule has 19 heavy (non-hydrogen) atoms. The van der Waals surface area contributed by atoms with E-state index in [9.17, 15) is 4.89 Å². The maximum Gasteiger partial charge on any atom is 0.127 e. The third-order valence-corrected chi connectivity index (χ3v) is 12.9. The van der Waals surface area contributed by atoms with Crippen LogP contribution in [0.15, 0.2) is 0 Å². The first-order valence-corrected chi connectivity index (χ1v) is 14.0. The van der Waals surface area contributed by atoms with Crippen molar-refractivity contribution in [3.63, 3.8) is 0 Å². The van der Waals surface area contributed by atoms with Gasteiger partial charge >= 0.3 is 0 Å². The summed E-state index contributed by atoms with van der Waals surface area (Å²) in [4.78, 5) is 10.1. The Balaban J connectivity index is 3.93. The summed E-state index contributed by atoms with van der Waals surface area (Å²) >= 11 is 8.76. The quantitative estimate of drug-likeness (QED) is 0.223. The van der Waals surface area contributed by atoms with E-state index in [2.05, 4.69) is 38.3 Å². The van der Waals surface area contributed by atoms with Gasteiger partial charge in [0.2, 0.25) is 0 Å². The highest BCUT2D eigenvalue weighted by Gasteiger charge is 2.09. The van der Waals surface area contributed by atoms with Gasteiger partial charge in [0.25, 0.3) is 0 Å². The summed E-state index contributed by atoms with van der Waals surface area (Å²) in [5.74, 6) is 2.27. The Labute approximate surface area is 133 Å². The Hall–Kier alpha value is 1.44. The lowest BCUT2D eigenvalue weighted by atomic mass is 10.2. The van der Waals surface area contributed by atoms with Crippen LogP contribution >= 0.6 is 29.2 Å². The number of thiol groups is 2. The summed E-state index contributed by atoms with van der Waals surface area (Å²) in [6.07, 6.45) is 13.0. The van der Waals surface area contributed by atoms with Crippen LogP contribution in [0.2, 0.25) is 0 Å². The molecule has 1 nitrogen and oxygen atoms in total. The first-order valence-electron chi connectivity index (χ1n) is 7.77. The Morgan fingerprint density at radius 3 is 1.42 bits per heavy atom. The van der Waals surface area contributed by atoms with Crippen LogP contribution in [0.5, 0.6) is 0 Å². The second-order valence-electron chi connectivity index (χ2n) is 5.21. The average molecular weight is 345 g/mol. The number of rotatable bonds is 12. The van der Waals surface area contributed by atoms with E-state index in [4.69, 9.17) is 0 Å². The molecule has 0 saturated heterocycles. The minimum atomic E-state index is -2.22. The molecule has 0 aliphatic carbocycles. The van der Waals surface area contributed by atoms with Gasteiger partial charge in [0, 0.05) is 0 Å². The normalized spacial score (nSPS) is 12.3. The summed E-state index contributed by atoms with van der Waals surface area (Å²) < 4.78 is -2.22. The number of hydrogen-bond donors (Lipinski definition) is 3. The van der Waals surface area contributed by atoms with E-state index in [0.717, 1.165) is 11.5 Å². The van der Waals surface area contributed by atoms with Crippen LogP contribution < -0.4 is 0 Å². The zero-order chi connectivity index (χ0) is 14.6. The SMILES string of the molecule is CCCCCCCS(CCCCCCC)=P(O)(S)S. The second-order valence-corrected chi connectivity index (χ2v) is 17.2. The van der Waals surface area contributed by atoms with Gasteiger partial charge < -0.3 is 4.89 Å². The topological polar surface area (TPSA) is 20.2 Å². The predicted molar refractivity (Wildman–Crippen MR) is 102 cm³/mol. The number of hydrogen-bond acceptors (Lipinski definition) is 0. The Bertz CT molecular complexity index is 239. The van der Waals surface area contributed by atoms with E-state index in [0.29, 0.717) is 0 Å². The molecular weight excluding hydrogens is 311 g/mol. The third-order valence-electron chi connectivity index (χ3n) is 3.31. The van der Waals surface area contributed by atoms with E-state index >= 15 is 0 Å². The average Bonchev–Trinajstić information content (AvgIpc) is 2.34. The monoisotopic (exact) mass is 344 g/mol. The van der Waals surface area contributed by atoms with Gasteiger partial charge in [0.15, 0.2) is 0 Å².